The number of anilines is 1. The number of amides is 3. The lowest BCUT2D eigenvalue weighted by molar-refractivity contribution is -0.136. The van der Waals surface area contributed by atoms with Gasteiger partial charge in [0.25, 0.3) is 11.8 Å². The topological polar surface area (TPSA) is 97.3 Å². The van der Waals surface area contributed by atoms with E-state index in [4.69, 9.17) is 23.2 Å². The number of carbonyl (C=O) groups excluding carboxylic acids is 3. The molecule has 1 aliphatic rings. The zero-order valence-corrected chi connectivity index (χ0v) is 21.8. The number of likely N-dealkylation sites (N-methyl/N-ethyl adjacent to an activating group) is 1. The maximum atomic E-state index is 12.7. The number of rotatable bonds is 9. The van der Waals surface area contributed by atoms with Gasteiger partial charge in [0.1, 0.15) is 6.21 Å². The van der Waals surface area contributed by atoms with Crippen LogP contribution in [0.1, 0.15) is 15.9 Å². The fourth-order valence-corrected chi connectivity index (χ4v) is 4.03. The van der Waals surface area contributed by atoms with Crippen molar-refractivity contribution in [1.29, 1.82) is 0 Å². The molecule has 0 unspecified atom stereocenters. The second kappa shape index (κ2) is 13.2. The standard InChI is InChI=1S/C25H30Cl2N6O3/c1-31(17-24(35)33-13-11-28-12-14-33)23(34)16-30-32(2)19-7-8-22(27)20(15-19)25(36)29-10-9-18-5-3-4-6-21(18)26/h3-8,15-16,28H,9-14,17H2,1-2H3,(H,29,36)/b30-16-. The molecule has 0 aliphatic carbocycles. The molecule has 0 spiro atoms. The van der Waals surface area contributed by atoms with Gasteiger partial charge in [0.2, 0.25) is 5.91 Å². The van der Waals surface area contributed by atoms with Crippen molar-refractivity contribution in [3.63, 3.8) is 0 Å². The van der Waals surface area contributed by atoms with Crippen molar-refractivity contribution in [2.45, 2.75) is 6.42 Å². The summed E-state index contributed by atoms with van der Waals surface area (Å²) in [5.74, 6) is -0.831. The molecule has 9 nitrogen and oxygen atoms in total. The molecule has 36 heavy (non-hydrogen) atoms. The minimum absolute atomic E-state index is 0.0198. The predicted molar refractivity (Wildman–Crippen MR) is 143 cm³/mol. The van der Waals surface area contributed by atoms with Gasteiger partial charge in [-0.25, -0.2) is 0 Å². The first-order chi connectivity index (χ1) is 17.3. The highest BCUT2D eigenvalue weighted by Gasteiger charge is 2.19. The second-order valence-electron chi connectivity index (χ2n) is 8.35. The minimum Gasteiger partial charge on any atom is -0.352 e. The van der Waals surface area contributed by atoms with Gasteiger partial charge in [-0.2, -0.15) is 5.10 Å². The van der Waals surface area contributed by atoms with Gasteiger partial charge in [-0.1, -0.05) is 41.4 Å². The quantitative estimate of drug-likeness (QED) is 0.381. The number of hydrogen-bond acceptors (Lipinski definition) is 6. The first kappa shape index (κ1) is 27.4. The van der Waals surface area contributed by atoms with Crippen LogP contribution in [0, 0.1) is 0 Å². The van der Waals surface area contributed by atoms with E-state index in [2.05, 4.69) is 15.7 Å². The lowest BCUT2D eigenvalue weighted by Crippen LogP contribution is -2.49. The maximum Gasteiger partial charge on any atom is 0.267 e. The van der Waals surface area contributed by atoms with Crippen LogP contribution in [0.4, 0.5) is 5.69 Å². The Hall–Kier alpha value is -3.14. The van der Waals surface area contributed by atoms with E-state index in [1.54, 1.807) is 37.2 Å². The van der Waals surface area contributed by atoms with Crippen LogP contribution in [0.3, 0.4) is 0 Å². The predicted octanol–water partition coefficient (Wildman–Crippen LogP) is 2.28. The largest absolute Gasteiger partial charge is 0.352 e. The fraction of sp³-hybridized carbons (Fsp3) is 0.360. The van der Waals surface area contributed by atoms with Crippen molar-refractivity contribution >= 4 is 52.8 Å². The van der Waals surface area contributed by atoms with Crippen LogP contribution in [-0.4, -0.2) is 87.1 Å². The number of benzene rings is 2. The van der Waals surface area contributed by atoms with Gasteiger partial charge in [0, 0.05) is 51.8 Å². The fourth-order valence-electron chi connectivity index (χ4n) is 3.59. The molecule has 1 saturated heterocycles. The van der Waals surface area contributed by atoms with Crippen molar-refractivity contribution in [2.24, 2.45) is 5.10 Å². The molecule has 1 fully saturated rings. The number of halogens is 2. The van der Waals surface area contributed by atoms with E-state index in [9.17, 15) is 14.4 Å². The van der Waals surface area contributed by atoms with Crippen molar-refractivity contribution < 1.29 is 14.4 Å². The molecule has 1 heterocycles. The van der Waals surface area contributed by atoms with Crippen LogP contribution < -0.4 is 15.6 Å². The van der Waals surface area contributed by atoms with Crippen molar-refractivity contribution in [1.82, 2.24) is 20.4 Å². The van der Waals surface area contributed by atoms with Gasteiger partial charge in [-0.05, 0) is 36.2 Å². The third-order valence-corrected chi connectivity index (χ3v) is 6.46. The van der Waals surface area contributed by atoms with Crippen molar-refractivity contribution in [2.75, 3.05) is 58.4 Å². The van der Waals surface area contributed by atoms with E-state index in [-0.39, 0.29) is 18.4 Å². The Morgan fingerprint density at radius 3 is 2.53 bits per heavy atom. The van der Waals surface area contributed by atoms with E-state index < -0.39 is 5.91 Å². The summed E-state index contributed by atoms with van der Waals surface area (Å²) in [4.78, 5) is 40.6. The molecular formula is C25H30Cl2N6O3. The molecule has 0 radical (unpaired) electrons. The molecule has 0 bridgehead atoms. The van der Waals surface area contributed by atoms with E-state index in [1.165, 1.54) is 9.91 Å². The average Bonchev–Trinajstić information content (AvgIpc) is 2.88. The van der Waals surface area contributed by atoms with Gasteiger partial charge in [0.05, 0.1) is 22.8 Å². The molecule has 0 atom stereocenters. The summed E-state index contributed by atoms with van der Waals surface area (Å²) < 4.78 is 0. The molecule has 2 N–H and O–H groups in total. The zero-order chi connectivity index (χ0) is 26.1. The van der Waals surface area contributed by atoms with Gasteiger partial charge in [-0.3, -0.25) is 19.4 Å². The van der Waals surface area contributed by atoms with Crippen LogP contribution >= 0.6 is 23.2 Å². The summed E-state index contributed by atoms with van der Waals surface area (Å²) in [5.41, 5.74) is 1.80. The normalized spacial score (nSPS) is 13.5. The average molecular weight is 533 g/mol. The van der Waals surface area contributed by atoms with E-state index in [0.29, 0.717) is 47.4 Å². The van der Waals surface area contributed by atoms with Gasteiger partial charge < -0.3 is 20.4 Å². The molecule has 192 valence electrons. The Kier molecular flexibility index (Phi) is 10.1. The SMILES string of the molecule is CN(CC(=O)N1CCNCC1)C(=O)/C=N\N(C)c1ccc(Cl)c(C(=O)NCCc2ccccc2Cl)c1. The van der Waals surface area contributed by atoms with Crippen molar-refractivity contribution in [3.8, 4) is 0 Å². The van der Waals surface area contributed by atoms with Crippen LogP contribution in [0.2, 0.25) is 10.0 Å². The molecule has 2 aromatic carbocycles. The highest BCUT2D eigenvalue weighted by Crippen LogP contribution is 2.23. The van der Waals surface area contributed by atoms with Gasteiger partial charge in [0.15, 0.2) is 0 Å². The zero-order valence-electron chi connectivity index (χ0n) is 20.3. The third-order valence-electron chi connectivity index (χ3n) is 5.77. The Bertz CT molecular complexity index is 1120. The number of nitrogens with zero attached hydrogens (tertiary/aromatic N) is 4. The molecule has 2 aromatic rings. The highest BCUT2D eigenvalue weighted by molar-refractivity contribution is 6.34. The molecule has 11 heteroatoms. The van der Waals surface area contributed by atoms with Crippen molar-refractivity contribution in [3.05, 3.63) is 63.6 Å². The first-order valence-electron chi connectivity index (χ1n) is 11.6. The van der Waals surface area contributed by atoms with Gasteiger partial charge in [-0.15, -0.1) is 0 Å². The van der Waals surface area contributed by atoms with E-state index in [1.807, 2.05) is 24.3 Å². The first-order valence-corrected chi connectivity index (χ1v) is 12.3. The number of nitrogens with one attached hydrogen (secondary N) is 2. The Balaban J connectivity index is 1.55. The number of carbonyl (C=O) groups is 3. The highest BCUT2D eigenvalue weighted by atomic mass is 35.5. The summed E-state index contributed by atoms with van der Waals surface area (Å²) >= 11 is 12.4. The lowest BCUT2D eigenvalue weighted by Gasteiger charge is -2.29. The summed E-state index contributed by atoms with van der Waals surface area (Å²) in [6, 6.07) is 12.4. The van der Waals surface area contributed by atoms with Crippen LogP contribution in [-0.2, 0) is 16.0 Å². The van der Waals surface area contributed by atoms with E-state index >= 15 is 0 Å². The molecule has 1 aliphatic heterocycles. The number of hydrogen-bond donors (Lipinski definition) is 2. The molecule has 3 rings (SSSR count). The molecule has 3 amide bonds. The summed E-state index contributed by atoms with van der Waals surface area (Å²) in [6.45, 7) is 3.13. The molecular weight excluding hydrogens is 503 g/mol. The summed E-state index contributed by atoms with van der Waals surface area (Å²) in [5, 5.41) is 12.6. The lowest BCUT2D eigenvalue weighted by atomic mass is 10.1. The van der Waals surface area contributed by atoms with E-state index in [0.717, 1.165) is 24.9 Å². The maximum absolute atomic E-state index is 12.7. The molecule has 0 saturated carbocycles. The Morgan fingerprint density at radius 1 is 1.08 bits per heavy atom. The van der Waals surface area contributed by atoms with Crippen LogP contribution in [0.15, 0.2) is 47.6 Å². The Morgan fingerprint density at radius 2 is 1.81 bits per heavy atom. The summed E-state index contributed by atoms with van der Waals surface area (Å²) in [7, 11) is 3.21. The third kappa shape index (κ3) is 7.68. The Labute approximate surface area is 221 Å². The number of piperazine rings is 1. The second-order valence-corrected chi connectivity index (χ2v) is 9.17. The number of hydrazone groups is 1. The van der Waals surface area contributed by atoms with Crippen LogP contribution in [0.25, 0.3) is 0 Å². The van der Waals surface area contributed by atoms with Gasteiger partial charge >= 0.3 is 0 Å². The molecule has 0 aromatic heterocycles. The summed E-state index contributed by atoms with van der Waals surface area (Å²) in [6.07, 6.45) is 1.72. The minimum atomic E-state index is -0.406. The monoisotopic (exact) mass is 532 g/mol. The smallest absolute Gasteiger partial charge is 0.267 e. The van der Waals surface area contributed by atoms with Crippen LogP contribution in [0.5, 0.6) is 0 Å².